The molecule has 3 atom stereocenters. The van der Waals surface area contributed by atoms with Crippen LogP contribution in [0.2, 0.25) is 0 Å². The summed E-state index contributed by atoms with van der Waals surface area (Å²) in [6.45, 7) is 4.51. The number of aryl methyl sites for hydroxylation is 1. The Labute approximate surface area is 104 Å². The Balaban J connectivity index is 2.02. The minimum Gasteiger partial charge on any atom is -0.123 e. The maximum Gasteiger partial charge on any atom is 0.0367 e. The summed E-state index contributed by atoms with van der Waals surface area (Å²) in [5.41, 5.74) is 2.80. The van der Waals surface area contributed by atoms with Gasteiger partial charge < -0.3 is 0 Å². The first-order valence-corrected chi connectivity index (χ1v) is 6.78. The molecule has 0 aromatic heterocycles. The average molecular weight is 237 g/mol. The standard InChI is InChI=1S/C15H21Cl/c1-11-4-3-5-13(8-11)10-14-9-12(2)6-7-15(14)16/h3-5,8,12,14-15H,6-7,9-10H2,1-2H3. The highest BCUT2D eigenvalue weighted by Gasteiger charge is 2.26. The van der Waals surface area contributed by atoms with Gasteiger partial charge >= 0.3 is 0 Å². The second-order valence-electron chi connectivity index (χ2n) is 5.39. The van der Waals surface area contributed by atoms with Gasteiger partial charge in [0, 0.05) is 5.38 Å². The smallest absolute Gasteiger partial charge is 0.0367 e. The van der Waals surface area contributed by atoms with Gasteiger partial charge in [0.15, 0.2) is 0 Å². The highest BCUT2D eigenvalue weighted by atomic mass is 35.5. The molecule has 2 rings (SSSR count). The van der Waals surface area contributed by atoms with E-state index in [1.165, 1.54) is 30.4 Å². The van der Waals surface area contributed by atoms with Crippen molar-refractivity contribution in [3.63, 3.8) is 0 Å². The first-order chi connectivity index (χ1) is 7.65. The molecule has 0 heterocycles. The zero-order valence-electron chi connectivity index (χ0n) is 10.2. The van der Waals surface area contributed by atoms with E-state index >= 15 is 0 Å². The van der Waals surface area contributed by atoms with Crippen LogP contribution >= 0.6 is 11.6 Å². The van der Waals surface area contributed by atoms with Crippen molar-refractivity contribution < 1.29 is 0 Å². The summed E-state index contributed by atoms with van der Waals surface area (Å²) in [5.74, 6) is 1.53. The van der Waals surface area contributed by atoms with Gasteiger partial charge in [0.1, 0.15) is 0 Å². The lowest BCUT2D eigenvalue weighted by atomic mass is 9.79. The third-order valence-corrected chi connectivity index (χ3v) is 4.31. The van der Waals surface area contributed by atoms with Crippen molar-refractivity contribution in [2.45, 2.75) is 44.9 Å². The maximum atomic E-state index is 6.44. The average Bonchev–Trinajstić information content (AvgIpc) is 2.24. The summed E-state index contributed by atoms with van der Waals surface area (Å²) in [5, 5.41) is 0.386. The van der Waals surface area contributed by atoms with Crippen LogP contribution in [0.1, 0.15) is 37.3 Å². The zero-order valence-corrected chi connectivity index (χ0v) is 11.0. The van der Waals surface area contributed by atoms with Crippen LogP contribution in [-0.4, -0.2) is 5.38 Å². The summed E-state index contributed by atoms with van der Waals surface area (Å²) < 4.78 is 0. The van der Waals surface area contributed by atoms with Crippen LogP contribution in [0.3, 0.4) is 0 Å². The van der Waals surface area contributed by atoms with Crippen LogP contribution in [-0.2, 0) is 6.42 Å². The van der Waals surface area contributed by atoms with E-state index in [-0.39, 0.29) is 0 Å². The Kier molecular flexibility index (Phi) is 3.91. The SMILES string of the molecule is Cc1cccc(CC2CC(C)CCC2Cl)c1. The molecule has 1 aromatic rings. The van der Waals surface area contributed by atoms with Crippen molar-refractivity contribution in [3.8, 4) is 0 Å². The summed E-state index contributed by atoms with van der Waals surface area (Å²) >= 11 is 6.44. The van der Waals surface area contributed by atoms with Crippen LogP contribution < -0.4 is 0 Å². The highest BCUT2D eigenvalue weighted by Crippen LogP contribution is 2.34. The van der Waals surface area contributed by atoms with Gasteiger partial charge in [-0.1, -0.05) is 36.8 Å². The molecule has 0 aliphatic heterocycles. The van der Waals surface area contributed by atoms with Crippen molar-refractivity contribution in [1.82, 2.24) is 0 Å². The molecule has 1 aliphatic carbocycles. The van der Waals surface area contributed by atoms with Crippen LogP contribution in [0.5, 0.6) is 0 Å². The third kappa shape index (κ3) is 3.01. The molecule has 0 N–H and O–H groups in total. The fraction of sp³-hybridized carbons (Fsp3) is 0.600. The van der Waals surface area contributed by atoms with Gasteiger partial charge in [-0.25, -0.2) is 0 Å². The molecule has 0 saturated heterocycles. The maximum absolute atomic E-state index is 6.44. The lowest BCUT2D eigenvalue weighted by molar-refractivity contribution is 0.287. The van der Waals surface area contributed by atoms with Gasteiger partial charge in [0.25, 0.3) is 0 Å². The minimum atomic E-state index is 0.386. The van der Waals surface area contributed by atoms with Gasteiger partial charge in [-0.05, 0) is 50.0 Å². The predicted octanol–water partition coefficient (Wildman–Crippen LogP) is 4.58. The normalized spacial score (nSPS) is 30.3. The Morgan fingerprint density at radius 3 is 2.88 bits per heavy atom. The van der Waals surface area contributed by atoms with Gasteiger partial charge in [0.05, 0.1) is 0 Å². The molecule has 1 aromatic carbocycles. The Bertz CT molecular complexity index is 345. The van der Waals surface area contributed by atoms with Crippen LogP contribution in [0.25, 0.3) is 0 Å². The molecule has 0 amide bonds. The molecule has 0 radical (unpaired) electrons. The van der Waals surface area contributed by atoms with E-state index in [4.69, 9.17) is 11.6 Å². The van der Waals surface area contributed by atoms with Crippen molar-refractivity contribution in [2.24, 2.45) is 11.8 Å². The molecular weight excluding hydrogens is 216 g/mol. The van der Waals surface area contributed by atoms with Gasteiger partial charge in [-0.3, -0.25) is 0 Å². The third-order valence-electron chi connectivity index (χ3n) is 3.73. The van der Waals surface area contributed by atoms with E-state index in [1.807, 2.05) is 0 Å². The van der Waals surface area contributed by atoms with E-state index in [1.54, 1.807) is 0 Å². The Hall–Kier alpha value is -0.490. The van der Waals surface area contributed by atoms with Crippen molar-refractivity contribution >= 4 is 11.6 Å². The van der Waals surface area contributed by atoms with Crippen molar-refractivity contribution in [1.29, 1.82) is 0 Å². The van der Waals surface area contributed by atoms with E-state index in [2.05, 4.69) is 38.1 Å². The number of halogens is 1. The summed E-state index contributed by atoms with van der Waals surface area (Å²) in [4.78, 5) is 0. The Morgan fingerprint density at radius 2 is 2.12 bits per heavy atom. The first-order valence-electron chi connectivity index (χ1n) is 6.35. The molecule has 3 unspecified atom stereocenters. The fourth-order valence-electron chi connectivity index (χ4n) is 2.81. The molecule has 1 heteroatoms. The molecule has 1 aliphatic rings. The quantitative estimate of drug-likeness (QED) is 0.660. The van der Waals surface area contributed by atoms with E-state index in [9.17, 15) is 0 Å². The molecule has 0 spiro atoms. The van der Waals surface area contributed by atoms with Crippen LogP contribution in [0, 0.1) is 18.8 Å². The monoisotopic (exact) mass is 236 g/mol. The minimum absolute atomic E-state index is 0.386. The lowest BCUT2D eigenvalue weighted by Crippen LogP contribution is -2.25. The molecule has 1 fully saturated rings. The fourth-order valence-corrected chi connectivity index (χ4v) is 3.13. The summed E-state index contributed by atoms with van der Waals surface area (Å²) in [6, 6.07) is 8.84. The summed E-state index contributed by atoms with van der Waals surface area (Å²) in [7, 11) is 0. The number of benzene rings is 1. The zero-order chi connectivity index (χ0) is 11.5. The number of hydrogen-bond acceptors (Lipinski definition) is 0. The van der Waals surface area contributed by atoms with E-state index in [0.29, 0.717) is 11.3 Å². The predicted molar refractivity (Wildman–Crippen MR) is 71.0 cm³/mol. The molecule has 88 valence electrons. The summed E-state index contributed by atoms with van der Waals surface area (Å²) in [6.07, 6.45) is 4.94. The van der Waals surface area contributed by atoms with E-state index in [0.717, 1.165) is 12.3 Å². The molecule has 0 bridgehead atoms. The van der Waals surface area contributed by atoms with Gasteiger partial charge in [0.2, 0.25) is 0 Å². The second kappa shape index (κ2) is 5.23. The van der Waals surface area contributed by atoms with Crippen molar-refractivity contribution in [3.05, 3.63) is 35.4 Å². The lowest BCUT2D eigenvalue weighted by Gasteiger charge is -2.31. The number of rotatable bonds is 2. The number of hydrogen-bond donors (Lipinski definition) is 0. The molecule has 0 nitrogen and oxygen atoms in total. The largest absolute Gasteiger partial charge is 0.123 e. The van der Waals surface area contributed by atoms with Gasteiger partial charge in [-0.15, -0.1) is 11.6 Å². The molecule has 16 heavy (non-hydrogen) atoms. The topological polar surface area (TPSA) is 0 Å². The highest BCUT2D eigenvalue weighted by molar-refractivity contribution is 6.20. The van der Waals surface area contributed by atoms with Gasteiger partial charge in [-0.2, -0.15) is 0 Å². The molecular formula is C15H21Cl. The van der Waals surface area contributed by atoms with Crippen LogP contribution in [0.15, 0.2) is 24.3 Å². The van der Waals surface area contributed by atoms with Crippen molar-refractivity contribution in [2.75, 3.05) is 0 Å². The first kappa shape index (κ1) is 12.0. The second-order valence-corrected chi connectivity index (χ2v) is 5.95. The molecule has 1 saturated carbocycles. The van der Waals surface area contributed by atoms with E-state index < -0.39 is 0 Å². The van der Waals surface area contributed by atoms with Crippen LogP contribution in [0.4, 0.5) is 0 Å². The number of alkyl halides is 1. The Morgan fingerprint density at radius 1 is 1.31 bits per heavy atom.